The Hall–Kier alpha value is -0.610. The first-order chi connectivity index (χ1) is 8.69. The van der Waals surface area contributed by atoms with Gasteiger partial charge in [0, 0.05) is 19.0 Å². The molecule has 3 rings (SSSR count). The zero-order chi connectivity index (χ0) is 12.6. The van der Waals surface area contributed by atoms with E-state index < -0.39 is 0 Å². The number of hydrogen-bond donors (Lipinski definition) is 1. The van der Waals surface area contributed by atoms with Crippen LogP contribution in [0.25, 0.3) is 0 Å². The van der Waals surface area contributed by atoms with Crippen molar-refractivity contribution in [3.05, 3.63) is 0 Å². The van der Waals surface area contributed by atoms with E-state index >= 15 is 0 Å². The molecule has 1 atom stereocenters. The van der Waals surface area contributed by atoms with E-state index in [-0.39, 0.29) is 11.7 Å². The van der Waals surface area contributed by atoms with Crippen molar-refractivity contribution in [3.63, 3.8) is 0 Å². The van der Waals surface area contributed by atoms with Gasteiger partial charge in [0.05, 0.1) is 11.7 Å². The second-order valence-electron chi connectivity index (χ2n) is 6.21. The van der Waals surface area contributed by atoms with Crippen LogP contribution in [0.3, 0.4) is 0 Å². The lowest BCUT2D eigenvalue weighted by Crippen LogP contribution is -2.60. The summed E-state index contributed by atoms with van der Waals surface area (Å²) in [6, 6.07) is 0. The van der Waals surface area contributed by atoms with Crippen molar-refractivity contribution in [2.45, 2.75) is 50.7 Å². The molecule has 4 heteroatoms. The summed E-state index contributed by atoms with van der Waals surface area (Å²) in [5.41, 5.74) is -0.0671. The number of hydrogen-bond acceptors (Lipinski definition) is 3. The van der Waals surface area contributed by atoms with Gasteiger partial charge in [-0.05, 0) is 45.7 Å². The fourth-order valence-electron chi connectivity index (χ4n) is 3.46. The van der Waals surface area contributed by atoms with Crippen LogP contribution < -0.4 is 5.32 Å². The Bertz CT molecular complexity index is 322. The first-order valence-corrected chi connectivity index (χ1v) is 7.36. The molecule has 0 aromatic heterocycles. The molecule has 3 fully saturated rings. The zero-order valence-electron chi connectivity index (χ0n) is 11.3. The highest BCUT2D eigenvalue weighted by Crippen LogP contribution is 2.34. The van der Waals surface area contributed by atoms with E-state index in [1.807, 2.05) is 0 Å². The fraction of sp³-hybridized carbons (Fsp3) is 0.929. The largest absolute Gasteiger partial charge is 0.368 e. The summed E-state index contributed by atoms with van der Waals surface area (Å²) in [4.78, 5) is 14.5. The minimum Gasteiger partial charge on any atom is -0.368 e. The van der Waals surface area contributed by atoms with Crippen LogP contribution in [-0.4, -0.2) is 48.7 Å². The second-order valence-corrected chi connectivity index (χ2v) is 6.21. The van der Waals surface area contributed by atoms with Crippen molar-refractivity contribution >= 4 is 5.91 Å². The van der Waals surface area contributed by atoms with Crippen molar-refractivity contribution in [3.8, 4) is 0 Å². The van der Waals surface area contributed by atoms with E-state index in [0.717, 1.165) is 51.9 Å². The van der Waals surface area contributed by atoms with Gasteiger partial charge in [0.1, 0.15) is 0 Å². The summed E-state index contributed by atoms with van der Waals surface area (Å²) in [5, 5.41) is 3.38. The molecule has 1 spiro atoms. The van der Waals surface area contributed by atoms with Gasteiger partial charge in [0.15, 0.2) is 0 Å². The minimum absolute atomic E-state index is 0.0671. The van der Waals surface area contributed by atoms with Gasteiger partial charge >= 0.3 is 0 Å². The maximum Gasteiger partial charge on any atom is 0.225 e. The Morgan fingerprint density at radius 2 is 2.06 bits per heavy atom. The minimum atomic E-state index is -0.0671. The monoisotopic (exact) mass is 252 g/mol. The smallest absolute Gasteiger partial charge is 0.225 e. The van der Waals surface area contributed by atoms with E-state index in [4.69, 9.17) is 4.74 Å². The van der Waals surface area contributed by atoms with E-state index in [2.05, 4.69) is 17.1 Å². The van der Waals surface area contributed by atoms with Crippen LogP contribution >= 0.6 is 0 Å². The fourth-order valence-corrected chi connectivity index (χ4v) is 3.46. The molecule has 1 amide bonds. The zero-order valence-corrected chi connectivity index (χ0v) is 11.3. The van der Waals surface area contributed by atoms with Crippen molar-refractivity contribution in [2.24, 2.45) is 5.92 Å². The lowest BCUT2D eigenvalue weighted by Gasteiger charge is -2.48. The summed E-state index contributed by atoms with van der Waals surface area (Å²) < 4.78 is 6.19. The maximum atomic E-state index is 12.4. The Morgan fingerprint density at radius 3 is 2.67 bits per heavy atom. The van der Waals surface area contributed by atoms with Crippen LogP contribution in [0.5, 0.6) is 0 Å². The number of nitrogens with one attached hydrogen (secondary N) is 1. The third-order valence-corrected chi connectivity index (χ3v) is 4.69. The maximum absolute atomic E-state index is 12.4. The lowest BCUT2D eigenvalue weighted by molar-refractivity contribution is -0.177. The van der Waals surface area contributed by atoms with Gasteiger partial charge < -0.3 is 15.0 Å². The highest BCUT2D eigenvalue weighted by Gasteiger charge is 2.43. The molecule has 0 radical (unpaired) electrons. The lowest BCUT2D eigenvalue weighted by atomic mass is 9.83. The molecule has 0 bridgehead atoms. The number of carbonyl (C=O) groups excluding carboxylic acids is 1. The Kier molecular flexibility index (Phi) is 3.32. The highest BCUT2D eigenvalue weighted by atomic mass is 16.5. The number of ether oxygens (including phenoxy) is 1. The normalized spacial score (nSPS) is 32.3. The van der Waals surface area contributed by atoms with Crippen LogP contribution in [0.15, 0.2) is 0 Å². The molecule has 1 unspecified atom stereocenters. The van der Waals surface area contributed by atoms with Gasteiger partial charge in [-0.15, -0.1) is 0 Å². The first-order valence-electron chi connectivity index (χ1n) is 7.36. The quantitative estimate of drug-likeness (QED) is 0.761. The summed E-state index contributed by atoms with van der Waals surface area (Å²) in [6.45, 7) is 5.72. The average Bonchev–Trinajstić information content (AvgIpc) is 2.26. The molecule has 0 aromatic carbocycles. The number of piperidine rings is 1. The molecule has 2 heterocycles. The van der Waals surface area contributed by atoms with Crippen molar-refractivity contribution < 1.29 is 9.53 Å². The number of morpholine rings is 1. The molecule has 2 saturated heterocycles. The van der Waals surface area contributed by atoms with E-state index in [9.17, 15) is 4.79 Å². The van der Waals surface area contributed by atoms with E-state index in [1.54, 1.807) is 0 Å². The summed E-state index contributed by atoms with van der Waals surface area (Å²) in [7, 11) is 0. The summed E-state index contributed by atoms with van der Waals surface area (Å²) in [5.74, 6) is 0.698. The van der Waals surface area contributed by atoms with Crippen LogP contribution in [0.4, 0.5) is 0 Å². The van der Waals surface area contributed by atoms with Gasteiger partial charge in [0.2, 0.25) is 5.91 Å². The predicted molar refractivity (Wildman–Crippen MR) is 69.3 cm³/mol. The van der Waals surface area contributed by atoms with Crippen molar-refractivity contribution in [2.75, 3.05) is 26.2 Å². The molecule has 4 nitrogen and oxygen atoms in total. The van der Waals surface area contributed by atoms with Crippen LogP contribution in [-0.2, 0) is 9.53 Å². The van der Waals surface area contributed by atoms with Crippen molar-refractivity contribution in [1.82, 2.24) is 10.2 Å². The predicted octanol–water partition coefficient (Wildman–Crippen LogP) is 1.16. The average molecular weight is 252 g/mol. The molecular weight excluding hydrogens is 228 g/mol. The Balaban J connectivity index is 1.69. The first kappa shape index (κ1) is 12.4. The standard InChI is InChI=1S/C14H24N2O2/c1-11-9-16(13(17)12-3-2-4-12)10-14(18-11)5-7-15-8-6-14/h11-12,15H,2-10H2,1H3. The van der Waals surface area contributed by atoms with Crippen LogP contribution in [0, 0.1) is 5.92 Å². The molecule has 2 aliphatic heterocycles. The summed E-state index contributed by atoms with van der Waals surface area (Å²) in [6.07, 6.45) is 5.67. The number of rotatable bonds is 1. The van der Waals surface area contributed by atoms with Gasteiger partial charge in [-0.1, -0.05) is 6.42 Å². The highest BCUT2D eigenvalue weighted by molar-refractivity contribution is 5.79. The number of carbonyl (C=O) groups is 1. The molecule has 102 valence electrons. The number of amides is 1. The van der Waals surface area contributed by atoms with Crippen molar-refractivity contribution in [1.29, 1.82) is 0 Å². The van der Waals surface area contributed by atoms with Gasteiger partial charge in [-0.2, -0.15) is 0 Å². The topological polar surface area (TPSA) is 41.6 Å². The number of nitrogens with zero attached hydrogens (tertiary/aromatic N) is 1. The summed E-state index contributed by atoms with van der Waals surface area (Å²) >= 11 is 0. The second kappa shape index (κ2) is 4.82. The third kappa shape index (κ3) is 2.28. The molecule has 1 N–H and O–H groups in total. The molecule has 1 aliphatic carbocycles. The van der Waals surface area contributed by atoms with E-state index in [1.165, 1.54) is 6.42 Å². The van der Waals surface area contributed by atoms with Gasteiger partial charge in [0.25, 0.3) is 0 Å². The molecule has 3 aliphatic rings. The Morgan fingerprint density at radius 1 is 1.33 bits per heavy atom. The van der Waals surface area contributed by atoms with Crippen LogP contribution in [0.2, 0.25) is 0 Å². The van der Waals surface area contributed by atoms with E-state index in [0.29, 0.717) is 11.8 Å². The van der Waals surface area contributed by atoms with Crippen LogP contribution in [0.1, 0.15) is 39.0 Å². The van der Waals surface area contributed by atoms with Gasteiger partial charge in [-0.3, -0.25) is 4.79 Å². The SMILES string of the molecule is CC1CN(C(=O)C2CCC2)CC2(CCNCC2)O1. The van der Waals surface area contributed by atoms with Gasteiger partial charge in [-0.25, -0.2) is 0 Å². The Labute approximate surface area is 109 Å². The molecular formula is C14H24N2O2. The molecule has 1 saturated carbocycles. The molecule has 18 heavy (non-hydrogen) atoms. The third-order valence-electron chi connectivity index (χ3n) is 4.69. The molecule has 0 aromatic rings.